The highest BCUT2D eigenvalue weighted by Crippen LogP contribution is 2.34. The van der Waals surface area contributed by atoms with E-state index in [1.165, 1.54) is 13.2 Å². The minimum absolute atomic E-state index is 0. The number of guanidine groups is 1. The lowest BCUT2D eigenvalue weighted by Crippen LogP contribution is -2.48. The Balaban J connectivity index is 0.00000364. The summed E-state index contributed by atoms with van der Waals surface area (Å²) in [4.78, 5) is 6.39. The summed E-state index contributed by atoms with van der Waals surface area (Å²) in [7, 11) is 5.20. The van der Waals surface area contributed by atoms with Gasteiger partial charge in [0.1, 0.15) is 0 Å². The number of nitrogens with zero attached hydrogens (tertiary/aromatic N) is 2. The molecule has 0 radical (unpaired) electrons. The third kappa shape index (κ3) is 6.98. The van der Waals surface area contributed by atoms with Crippen LogP contribution in [0.2, 0.25) is 0 Å². The summed E-state index contributed by atoms with van der Waals surface area (Å²) in [5.41, 5.74) is 0.873. The van der Waals surface area contributed by atoms with Crippen molar-refractivity contribution in [1.29, 1.82) is 0 Å². The second-order valence-electron chi connectivity index (χ2n) is 6.45. The van der Waals surface area contributed by atoms with E-state index < -0.39 is 0 Å². The zero-order valence-electron chi connectivity index (χ0n) is 16.6. The predicted molar refractivity (Wildman–Crippen MR) is 122 cm³/mol. The molecule has 1 saturated heterocycles. The van der Waals surface area contributed by atoms with Crippen molar-refractivity contribution in [2.45, 2.75) is 31.1 Å². The number of aliphatic imine (C=N–C) groups is 1. The zero-order chi connectivity index (χ0) is 19.0. The number of benzene rings is 1. The third-order valence-electron chi connectivity index (χ3n) is 4.63. The molecule has 0 unspecified atom stereocenters. The van der Waals surface area contributed by atoms with E-state index in [2.05, 4.69) is 17.2 Å². The second kappa shape index (κ2) is 12.0. The van der Waals surface area contributed by atoms with Crippen molar-refractivity contribution >= 4 is 41.7 Å². The van der Waals surface area contributed by atoms with E-state index in [9.17, 15) is 4.39 Å². The molecule has 27 heavy (non-hydrogen) atoms. The highest BCUT2D eigenvalue weighted by molar-refractivity contribution is 14.0. The molecular formula is C19H31FIN3O2S. The lowest BCUT2D eigenvalue weighted by atomic mass is 9.99. The van der Waals surface area contributed by atoms with Crippen LogP contribution in [0.1, 0.15) is 25.3 Å². The first-order valence-corrected chi connectivity index (χ1v) is 9.98. The van der Waals surface area contributed by atoms with Crippen molar-refractivity contribution in [2.75, 3.05) is 46.7 Å². The maximum Gasteiger partial charge on any atom is 0.193 e. The molecule has 8 heteroatoms. The maximum absolute atomic E-state index is 13.9. The largest absolute Gasteiger partial charge is 0.494 e. The smallest absolute Gasteiger partial charge is 0.193 e. The van der Waals surface area contributed by atoms with Crippen LogP contribution in [0, 0.1) is 5.82 Å². The van der Waals surface area contributed by atoms with Crippen molar-refractivity contribution < 1.29 is 13.9 Å². The predicted octanol–water partition coefficient (Wildman–Crippen LogP) is 3.76. The van der Waals surface area contributed by atoms with Gasteiger partial charge in [-0.3, -0.25) is 4.99 Å². The molecule has 0 bridgehead atoms. The van der Waals surface area contributed by atoms with E-state index in [0.29, 0.717) is 6.54 Å². The molecule has 0 aliphatic carbocycles. The number of methoxy groups -OCH3 is 1. The Morgan fingerprint density at radius 3 is 2.67 bits per heavy atom. The first-order chi connectivity index (χ1) is 12.5. The van der Waals surface area contributed by atoms with Crippen LogP contribution in [0.5, 0.6) is 5.75 Å². The fourth-order valence-electron chi connectivity index (χ4n) is 3.20. The summed E-state index contributed by atoms with van der Waals surface area (Å²) < 4.78 is 24.6. The fourth-order valence-corrected chi connectivity index (χ4v) is 4.45. The van der Waals surface area contributed by atoms with Gasteiger partial charge in [0.2, 0.25) is 0 Å². The van der Waals surface area contributed by atoms with Crippen LogP contribution in [-0.4, -0.2) is 62.3 Å². The summed E-state index contributed by atoms with van der Waals surface area (Å²) in [6.07, 6.45) is 2.09. The minimum atomic E-state index is -0.346. The molecule has 1 aromatic carbocycles. The summed E-state index contributed by atoms with van der Waals surface area (Å²) >= 11 is 1.99. The number of hydrogen-bond acceptors (Lipinski definition) is 4. The summed E-state index contributed by atoms with van der Waals surface area (Å²) in [5.74, 6) is 1.81. The van der Waals surface area contributed by atoms with Crippen molar-refractivity contribution in [3.8, 4) is 5.75 Å². The van der Waals surface area contributed by atoms with Gasteiger partial charge in [-0.25, -0.2) is 4.39 Å². The van der Waals surface area contributed by atoms with Crippen LogP contribution >= 0.6 is 35.7 Å². The van der Waals surface area contributed by atoms with Gasteiger partial charge in [-0.1, -0.05) is 13.0 Å². The molecular weight excluding hydrogens is 480 g/mol. The number of thioether (sulfide) groups is 1. The molecule has 0 atom stereocenters. The molecule has 5 nitrogen and oxygen atoms in total. The van der Waals surface area contributed by atoms with Crippen LogP contribution in [0.25, 0.3) is 0 Å². The Kier molecular flexibility index (Phi) is 10.8. The van der Waals surface area contributed by atoms with Crippen molar-refractivity contribution in [1.82, 2.24) is 10.2 Å². The Bertz CT molecular complexity index is 607. The van der Waals surface area contributed by atoms with Gasteiger partial charge in [-0.05, 0) is 36.3 Å². The molecule has 1 aliphatic heterocycles. The van der Waals surface area contributed by atoms with Gasteiger partial charge in [0.15, 0.2) is 17.5 Å². The van der Waals surface area contributed by atoms with Gasteiger partial charge in [-0.2, -0.15) is 11.8 Å². The number of rotatable bonds is 7. The van der Waals surface area contributed by atoms with Gasteiger partial charge < -0.3 is 19.7 Å². The zero-order valence-corrected chi connectivity index (χ0v) is 19.7. The first-order valence-electron chi connectivity index (χ1n) is 8.99. The fraction of sp³-hybridized carbons (Fsp3) is 0.632. The van der Waals surface area contributed by atoms with E-state index >= 15 is 0 Å². The molecule has 0 amide bonds. The SMILES string of the molecule is CCSC1(CNC(=NC)N(C)Cc2ccc(OC)c(F)c2)CCOCC1.I. The van der Waals surface area contributed by atoms with Gasteiger partial charge in [0.25, 0.3) is 0 Å². The van der Waals surface area contributed by atoms with Gasteiger partial charge >= 0.3 is 0 Å². The van der Waals surface area contributed by atoms with E-state index in [0.717, 1.165) is 49.9 Å². The van der Waals surface area contributed by atoms with Crippen LogP contribution in [-0.2, 0) is 11.3 Å². The van der Waals surface area contributed by atoms with Gasteiger partial charge in [0.05, 0.1) is 7.11 Å². The van der Waals surface area contributed by atoms with Gasteiger partial charge in [-0.15, -0.1) is 24.0 Å². The molecule has 1 aliphatic rings. The molecule has 1 fully saturated rings. The second-order valence-corrected chi connectivity index (χ2v) is 8.19. The van der Waals surface area contributed by atoms with Crippen LogP contribution in [0.15, 0.2) is 23.2 Å². The van der Waals surface area contributed by atoms with Crippen molar-refractivity contribution in [2.24, 2.45) is 4.99 Å². The van der Waals surface area contributed by atoms with Crippen LogP contribution in [0.3, 0.4) is 0 Å². The first kappa shape index (κ1) is 24.3. The average molecular weight is 511 g/mol. The van der Waals surface area contributed by atoms with Crippen LogP contribution < -0.4 is 10.1 Å². The number of hydrogen-bond donors (Lipinski definition) is 1. The normalized spacial score (nSPS) is 16.4. The Labute approximate surface area is 183 Å². The van der Waals surface area contributed by atoms with Crippen molar-refractivity contribution in [3.05, 3.63) is 29.6 Å². The van der Waals surface area contributed by atoms with Crippen molar-refractivity contribution in [3.63, 3.8) is 0 Å². The molecule has 1 aromatic rings. The van der Waals surface area contributed by atoms with E-state index in [4.69, 9.17) is 9.47 Å². The monoisotopic (exact) mass is 511 g/mol. The van der Waals surface area contributed by atoms with Crippen LogP contribution in [0.4, 0.5) is 4.39 Å². The highest BCUT2D eigenvalue weighted by atomic mass is 127. The van der Waals surface area contributed by atoms with E-state index in [1.54, 1.807) is 13.1 Å². The standard InChI is InChI=1S/C19H30FN3O2S.HI/c1-5-26-19(8-10-25-11-9-19)14-22-18(21-2)23(3)13-15-6-7-17(24-4)16(20)12-15;/h6-7,12H,5,8-11,13-14H2,1-4H3,(H,21,22);1H. The Hall–Kier alpha value is -0.740. The summed E-state index contributed by atoms with van der Waals surface area (Å²) in [6.45, 7) is 5.24. The summed E-state index contributed by atoms with van der Waals surface area (Å²) in [5, 5.41) is 3.50. The molecule has 0 spiro atoms. The highest BCUT2D eigenvalue weighted by Gasteiger charge is 2.33. The molecule has 2 rings (SSSR count). The van der Waals surface area contributed by atoms with E-state index in [-0.39, 0.29) is 40.3 Å². The quantitative estimate of drug-likeness (QED) is 0.343. The summed E-state index contributed by atoms with van der Waals surface area (Å²) in [6, 6.07) is 5.04. The number of ether oxygens (including phenoxy) is 2. The molecule has 1 N–H and O–H groups in total. The molecule has 1 heterocycles. The third-order valence-corrected chi connectivity index (χ3v) is 6.09. The number of halogens is 2. The average Bonchev–Trinajstić information content (AvgIpc) is 2.63. The maximum atomic E-state index is 13.9. The topological polar surface area (TPSA) is 46.1 Å². The number of nitrogens with one attached hydrogen (secondary N) is 1. The minimum Gasteiger partial charge on any atom is -0.494 e. The lowest BCUT2D eigenvalue weighted by molar-refractivity contribution is 0.0780. The lowest BCUT2D eigenvalue weighted by Gasteiger charge is -2.37. The molecule has 0 aromatic heterocycles. The molecule has 154 valence electrons. The Morgan fingerprint density at radius 2 is 2.11 bits per heavy atom. The molecule has 0 saturated carbocycles. The van der Waals surface area contributed by atoms with Gasteiger partial charge in [0, 0.05) is 45.1 Å². The Morgan fingerprint density at radius 1 is 1.41 bits per heavy atom. The van der Waals surface area contributed by atoms with E-state index in [1.807, 2.05) is 29.8 Å².